The summed E-state index contributed by atoms with van der Waals surface area (Å²) in [6.07, 6.45) is 0.267. The minimum atomic E-state index is -0.526. The lowest BCUT2D eigenvalue weighted by molar-refractivity contribution is 0.0502. The van der Waals surface area contributed by atoms with Crippen molar-refractivity contribution in [3.8, 4) is 0 Å². The Bertz CT molecular complexity index is 456. The predicted molar refractivity (Wildman–Crippen MR) is 84.5 cm³/mol. The summed E-state index contributed by atoms with van der Waals surface area (Å²) < 4.78 is 5.25. The maximum Gasteiger partial charge on any atom is 0.407 e. The summed E-state index contributed by atoms with van der Waals surface area (Å²) in [5.41, 5.74) is 1.18. The van der Waals surface area contributed by atoms with E-state index in [4.69, 9.17) is 4.74 Å². The molecule has 4 heteroatoms. The molecular formula is C17H27NO3. The van der Waals surface area contributed by atoms with E-state index in [1.807, 2.05) is 58.9 Å². The minimum absolute atomic E-state index is 0.0254. The SMILES string of the molecule is CCC(CO)(CNC(=O)OC(C)(C)C)c1ccc(C)cc1. The lowest BCUT2D eigenvalue weighted by Gasteiger charge is -2.32. The molecule has 1 atom stereocenters. The van der Waals surface area contributed by atoms with Gasteiger partial charge in [-0.3, -0.25) is 0 Å². The number of aliphatic hydroxyl groups excluding tert-OH is 1. The number of aliphatic hydroxyl groups is 1. The number of nitrogens with one attached hydrogen (secondary N) is 1. The molecule has 1 amide bonds. The van der Waals surface area contributed by atoms with Crippen LogP contribution in [0.5, 0.6) is 0 Å². The van der Waals surface area contributed by atoms with Gasteiger partial charge in [-0.25, -0.2) is 4.79 Å². The molecule has 4 nitrogen and oxygen atoms in total. The molecule has 0 aliphatic carbocycles. The van der Waals surface area contributed by atoms with Gasteiger partial charge in [0.1, 0.15) is 5.60 Å². The number of carbonyl (C=O) groups is 1. The van der Waals surface area contributed by atoms with Gasteiger partial charge in [0.15, 0.2) is 0 Å². The van der Waals surface area contributed by atoms with Gasteiger partial charge in [0, 0.05) is 12.0 Å². The normalized spacial score (nSPS) is 14.4. The highest BCUT2D eigenvalue weighted by atomic mass is 16.6. The minimum Gasteiger partial charge on any atom is -0.444 e. The molecule has 1 aromatic carbocycles. The first kappa shape index (κ1) is 17.5. The van der Waals surface area contributed by atoms with Crippen LogP contribution in [0.15, 0.2) is 24.3 Å². The molecular weight excluding hydrogens is 266 g/mol. The summed E-state index contributed by atoms with van der Waals surface area (Å²) in [7, 11) is 0. The summed E-state index contributed by atoms with van der Waals surface area (Å²) in [6.45, 7) is 9.82. The molecule has 0 fully saturated rings. The van der Waals surface area contributed by atoms with Crippen molar-refractivity contribution in [3.63, 3.8) is 0 Å². The van der Waals surface area contributed by atoms with Crippen molar-refractivity contribution in [1.82, 2.24) is 5.32 Å². The molecule has 2 N–H and O–H groups in total. The predicted octanol–water partition coefficient (Wildman–Crippen LogP) is 3.16. The molecule has 0 saturated carbocycles. The van der Waals surface area contributed by atoms with Crippen molar-refractivity contribution >= 4 is 6.09 Å². The molecule has 1 rings (SSSR count). The Morgan fingerprint density at radius 2 is 1.81 bits per heavy atom. The third kappa shape index (κ3) is 5.05. The number of hydrogen-bond donors (Lipinski definition) is 2. The molecule has 1 aromatic rings. The molecule has 0 aliphatic heterocycles. The third-order valence-corrected chi connectivity index (χ3v) is 3.61. The molecule has 0 aromatic heterocycles. The molecule has 0 aliphatic rings. The highest BCUT2D eigenvalue weighted by molar-refractivity contribution is 5.67. The second-order valence-corrected chi connectivity index (χ2v) is 6.51. The molecule has 118 valence electrons. The molecule has 0 heterocycles. The summed E-state index contributed by atoms with van der Waals surface area (Å²) in [6, 6.07) is 8.05. The third-order valence-electron chi connectivity index (χ3n) is 3.61. The van der Waals surface area contributed by atoms with E-state index in [2.05, 4.69) is 5.32 Å². The van der Waals surface area contributed by atoms with Crippen molar-refractivity contribution < 1.29 is 14.6 Å². The number of hydrogen-bond acceptors (Lipinski definition) is 3. The fraction of sp³-hybridized carbons (Fsp3) is 0.588. The zero-order valence-corrected chi connectivity index (χ0v) is 13.7. The Kier molecular flexibility index (Phi) is 5.78. The Labute approximate surface area is 127 Å². The van der Waals surface area contributed by atoms with E-state index in [9.17, 15) is 9.90 Å². The Morgan fingerprint density at radius 3 is 2.24 bits per heavy atom. The van der Waals surface area contributed by atoms with Crippen molar-refractivity contribution in [2.45, 2.75) is 52.1 Å². The maximum atomic E-state index is 11.8. The number of aryl methyl sites for hydroxylation is 1. The monoisotopic (exact) mass is 293 g/mol. The molecule has 21 heavy (non-hydrogen) atoms. The van der Waals surface area contributed by atoms with Crippen LogP contribution < -0.4 is 5.32 Å². The smallest absolute Gasteiger partial charge is 0.407 e. The molecule has 0 radical (unpaired) electrons. The van der Waals surface area contributed by atoms with E-state index in [-0.39, 0.29) is 6.61 Å². The van der Waals surface area contributed by atoms with Crippen molar-refractivity contribution in [2.24, 2.45) is 0 Å². The second kappa shape index (κ2) is 6.94. The van der Waals surface area contributed by atoms with Crippen LogP contribution in [0.1, 0.15) is 45.2 Å². The highest BCUT2D eigenvalue weighted by Gasteiger charge is 2.31. The number of alkyl carbamates (subject to hydrolysis) is 1. The lowest BCUT2D eigenvalue weighted by Crippen LogP contribution is -2.44. The van der Waals surface area contributed by atoms with Gasteiger partial charge in [0.05, 0.1) is 6.61 Å². The van der Waals surface area contributed by atoms with E-state index in [1.54, 1.807) is 0 Å². The van der Waals surface area contributed by atoms with Gasteiger partial charge < -0.3 is 15.2 Å². The summed E-state index contributed by atoms with van der Waals surface area (Å²) in [5.74, 6) is 0. The van der Waals surface area contributed by atoms with Crippen LogP contribution in [0.2, 0.25) is 0 Å². The van der Waals surface area contributed by atoms with Gasteiger partial charge in [-0.05, 0) is 39.7 Å². The second-order valence-electron chi connectivity index (χ2n) is 6.51. The van der Waals surface area contributed by atoms with Crippen molar-refractivity contribution in [3.05, 3.63) is 35.4 Å². The summed E-state index contributed by atoms with van der Waals surface area (Å²) in [4.78, 5) is 11.8. The van der Waals surface area contributed by atoms with E-state index >= 15 is 0 Å². The number of benzene rings is 1. The quantitative estimate of drug-likeness (QED) is 0.876. The zero-order chi connectivity index (χ0) is 16.1. The van der Waals surface area contributed by atoms with Crippen LogP contribution in [-0.4, -0.2) is 30.0 Å². The van der Waals surface area contributed by atoms with E-state index in [0.29, 0.717) is 6.54 Å². The molecule has 0 bridgehead atoms. The van der Waals surface area contributed by atoms with E-state index < -0.39 is 17.1 Å². The summed E-state index contributed by atoms with van der Waals surface area (Å²) >= 11 is 0. The number of ether oxygens (including phenoxy) is 1. The van der Waals surface area contributed by atoms with Crippen LogP contribution in [0.4, 0.5) is 4.79 Å². The Balaban J connectivity index is 2.82. The average molecular weight is 293 g/mol. The molecule has 1 unspecified atom stereocenters. The largest absolute Gasteiger partial charge is 0.444 e. The van der Waals surface area contributed by atoms with Gasteiger partial charge >= 0.3 is 6.09 Å². The average Bonchev–Trinajstić information content (AvgIpc) is 2.40. The van der Waals surface area contributed by atoms with Gasteiger partial charge in [-0.15, -0.1) is 0 Å². The standard InChI is InChI=1S/C17H27NO3/c1-6-17(12-19,14-9-7-13(2)8-10-14)11-18-15(20)21-16(3,4)5/h7-10,19H,6,11-12H2,1-5H3,(H,18,20). The highest BCUT2D eigenvalue weighted by Crippen LogP contribution is 2.27. The van der Waals surface area contributed by atoms with Gasteiger partial charge in [0.2, 0.25) is 0 Å². The fourth-order valence-corrected chi connectivity index (χ4v) is 2.15. The van der Waals surface area contributed by atoms with Crippen LogP contribution >= 0.6 is 0 Å². The first-order valence-electron chi connectivity index (χ1n) is 7.37. The van der Waals surface area contributed by atoms with Crippen molar-refractivity contribution in [2.75, 3.05) is 13.2 Å². The van der Waals surface area contributed by atoms with Gasteiger partial charge in [0.25, 0.3) is 0 Å². The van der Waals surface area contributed by atoms with Crippen LogP contribution in [0, 0.1) is 6.92 Å². The van der Waals surface area contributed by atoms with Crippen molar-refractivity contribution in [1.29, 1.82) is 0 Å². The van der Waals surface area contributed by atoms with E-state index in [0.717, 1.165) is 12.0 Å². The number of carbonyl (C=O) groups excluding carboxylic acids is 1. The fourth-order valence-electron chi connectivity index (χ4n) is 2.15. The lowest BCUT2D eigenvalue weighted by atomic mass is 9.78. The van der Waals surface area contributed by atoms with Crippen LogP contribution in [-0.2, 0) is 10.2 Å². The maximum absolute atomic E-state index is 11.8. The van der Waals surface area contributed by atoms with Gasteiger partial charge in [-0.1, -0.05) is 36.8 Å². The number of amides is 1. The summed E-state index contributed by atoms with van der Waals surface area (Å²) in [5, 5.41) is 12.6. The number of rotatable bonds is 5. The topological polar surface area (TPSA) is 58.6 Å². The van der Waals surface area contributed by atoms with Crippen LogP contribution in [0.25, 0.3) is 0 Å². The molecule has 0 saturated heterocycles. The zero-order valence-electron chi connectivity index (χ0n) is 13.7. The molecule has 0 spiro atoms. The van der Waals surface area contributed by atoms with Crippen LogP contribution in [0.3, 0.4) is 0 Å². The van der Waals surface area contributed by atoms with E-state index in [1.165, 1.54) is 5.56 Å². The first-order chi connectivity index (χ1) is 9.72. The first-order valence-corrected chi connectivity index (χ1v) is 7.37. The van der Waals surface area contributed by atoms with Gasteiger partial charge in [-0.2, -0.15) is 0 Å². The Morgan fingerprint density at radius 1 is 1.24 bits per heavy atom. The Hall–Kier alpha value is -1.55.